The zero-order valence-corrected chi connectivity index (χ0v) is 17.2. The van der Waals surface area contributed by atoms with Crippen LogP contribution >= 0.6 is 0 Å². The lowest BCUT2D eigenvalue weighted by Crippen LogP contribution is -2.32. The number of para-hydroxylation sites is 1. The van der Waals surface area contributed by atoms with Gasteiger partial charge in [0.1, 0.15) is 22.6 Å². The van der Waals surface area contributed by atoms with Crippen LogP contribution in [-0.2, 0) is 4.74 Å². The van der Waals surface area contributed by atoms with Crippen LogP contribution in [0.5, 0.6) is 11.6 Å². The number of carbonyl (C=O) groups excluding carboxylic acids is 1. The Morgan fingerprint density at radius 2 is 1.77 bits per heavy atom. The molecule has 0 spiro atoms. The first-order chi connectivity index (χ1) is 14.8. The van der Waals surface area contributed by atoms with E-state index in [1.54, 1.807) is 49.7 Å². The first kappa shape index (κ1) is 20.3. The fraction of sp³-hybridized carbons (Fsp3) is 0.182. The van der Waals surface area contributed by atoms with E-state index in [9.17, 15) is 9.28 Å². The molecule has 158 valence electrons. The van der Waals surface area contributed by atoms with Crippen molar-refractivity contribution in [3.05, 3.63) is 66.9 Å². The molecular formula is C22H20FN5O3. The van der Waals surface area contributed by atoms with Gasteiger partial charge in [-0.05, 0) is 57.2 Å². The molecule has 1 amide bonds. The molecule has 0 unspecified atom stereocenters. The van der Waals surface area contributed by atoms with Crippen molar-refractivity contribution in [2.75, 3.05) is 5.12 Å². The lowest BCUT2D eigenvalue weighted by atomic mass is 10.2. The summed E-state index contributed by atoms with van der Waals surface area (Å²) in [6, 6.07) is 17.3. The molecule has 0 aliphatic rings. The van der Waals surface area contributed by atoms with E-state index in [2.05, 4.69) is 15.1 Å². The third-order valence-electron chi connectivity index (χ3n) is 4.03. The van der Waals surface area contributed by atoms with Crippen molar-refractivity contribution in [3.63, 3.8) is 0 Å². The second-order valence-electron chi connectivity index (χ2n) is 7.64. The van der Waals surface area contributed by atoms with E-state index in [1.165, 1.54) is 6.07 Å². The Morgan fingerprint density at radius 3 is 2.52 bits per heavy atom. The topological polar surface area (TPSA) is 81.8 Å². The van der Waals surface area contributed by atoms with E-state index in [0.717, 1.165) is 0 Å². The first-order valence-electron chi connectivity index (χ1n) is 9.55. The Bertz CT molecular complexity index is 1220. The van der Waals surface area contributed by atoms with Crippen molar-refractivity contribution < 1.29 is 18.7 Å². The summed E-state index contributed by atoms with van der Waals surface area (Å²) in [6.07, 6.45) is 0.580. The van der Waals surface area contributed by atoms with Crippen LogP contribution in [0.1, 0.15) is 20.8 Å². The number of anilines is 1. The molecule has 0 fully saturated rings. The zero-order valence-electron chi connectivity index (χ0n) is 17.2. The largest absolute Gasteiger partial charge is 0.445 e. The molecule has 0 atom stereocenters. The van der Waals surface area contributed by atoms with E-state index in [0.29, 0.717) is 17.1 Å². The third-order valence-corrected chi connectivity index (χ3v) is 4.03. The maximum atomic E-state index is 14.6. The lowest BCUT2D eigenvalue weighted by molar-refractivity contribution is 0.0499. The smallest absolute Gasteiger partial charge is 0.442 e. The van der Waals surface area contributed by atoms with Crippen molar-refractivity contribution in [3.8, 4) is 23.1 Å². The Hall–Kier alpha value is -4.01. The Labute approximate surface area is 177 Å². The summed E-state index contributed by atoms with van der Waals surface area (Å²) >= 11 is 0. The molecule has 3 heterocycles. The van der Waals surface area contributed by atoms with Crippen LogP contribution in [0.25, 0.3) is 17.0 Å². The third kappa shape index (κ3) is 4.61. The number of halogens is 1. The van der Waals surface area contributed by atoms with E-state index in [1.807, 2.05) is 36.4 Å². The molecule has 4 aromatic rings. The number of carbonyl (C=O) groups is 1. The van der Waals surface area contributed by atoms with Gasteiger partial charge in [-0.2, -0.15) is 4.98 Å². The van der Waals surface area contributed by atoms with Gasteiger partial charge in [-0.15, -0.1) is 5.10 Å². The Morgan fingerprint density at radius 1 is 1.00 bits per heavy atom. The van der Waals surface area contributed by atoms with E-state index >= 15 is 0 Å². The molecule has 0 N–H and O–H groups in total. The maximum Gasteiger partial charge on any atom is 0.445 e. The highest BCUT2D eigenvalue weighted by molar-refractivity contribution is 5.84. The summed E-state index contributed by atoms with van der Waals surface area (Å²) in [5.41, 5.74) is 0.0764. The summed E-state index contributed by atoms with van der Waals surface area (Å²) < 4.78 is 27.1. The summed E-state index contributed by atoms with van der Waals surface area (Å²) in [4.78, 5) is 20.7. The van der Waals surface area contributed by atoms with Crippen LogP contribution in [0.2, 0.25) is 0 Å². The minimum atomic E-state index is -1.16. The van der Waals surface area contributed by atoms with Crippen LogP contribution in [0.15, 0.2) is 66.9 Å². The SMILES string of the molecule is CC(C)(C)OC(=O)N(F)c1cccc(-c2nc(Oc3ccccc3)c3cccn3n2)n1. The highest BCUT2D eigenvalue weighted by Crippen LogP contribution is 2.27. The molecule has 31 heavy (non-hydrogen) atoms. The molecule has 0 saturated carbocycles. The van der Waals surface area contributed by atoms with Crippen LogP contribution in [0, 0.1) is 0 Å². The van der Waals surface area contributed by atoms with Gasteiger partial charge < -0.3 is 9.47 Å². The summed E-state index contributed by atoms with van der Waals surface area (Å²) in [6.45, 7) is 4.95. The van der Waals surface area contributed by atoms with Crippen LogP contribution < -0.4 is 9.86 Å². The van der Waals surface area contributed by atoms with Gasteiger partial charge in [-0.25, -0.2) is 14.3 Å². The lowest BCUT2D eigenvalue weighted by Gasteiger charge is -2.21. The normalized spacial score (nSPS) is 11.4. The van der Waals surface area contributed by atoms with Crippen molar-refractivity contribution >= 4 is 17.4 Å². The molecule has 1 aromatic carbocycles. The molecular weight excluding hydrogens is 401 g/mol. The van der Waals surface area contributed by atoms with E-state index in [-0.39, 0.29) is 22.5 Å². The summed E-state index contributed by atoms with van der Waals surface area (Å²) in [5, 5.41) is 4.27. The fourth-order valence-corrected chi connectivity index (χ4v) is 2.74. The van der Waals surface area contributed by atoms with E-state index in [4.69, 9.17) is 9.47 Å². The molecule has 0 saturated heterocycles. The van der Waals surface area contributed by atoms with Crippen LogP contribution in [-0.4, -0.2) is 31.3 Å². The monoisotopic (exact) mass is 421 g/mol. The minimum Gasteiger partial charge on any atom is -0.442 e. The standard InChI is InChI=1S/C22H20FN5O3/c1-22(2,3)31-21(29)28(23)18-13-7-11-16(24-18)19-25-20(17-12-8-14-27(17)26-19)30-15-9-5-4-6-10-15/h4-14H,1-3H3. The van der Waals surface area contributed by atoms with Crippen molar-refractivity contribution in [1.82, 2.24) is 19.6 Å². The molecule has 3 aromatic heterocycles. The molecule has 4 rings (SSSR count). The quantitative estimate of drug-likeness (QED) is 0.421. The average molecular weight is 421 g/mol. The molecule has 0 aliphatic heterocycles. The zero-order chi connectivity index (χ0) is 22.0. The number of nitrogens with zero attached hydrogens (tertiary/aromatic N) is 5. The Balaban J connectivity index is 1.69. The number of pyridine rings is 1. The molecule has 0 bridgehead atoms. The highest BCUT2D eigenvalue weighted by atomic mass is 19.2. The average Bonchev–Trinajstić information content (AvgIpc) is 3.22. The van der Waals surface area contributed by atoms with Gasteiger partial charge in [0.05, 0.1) is 0 Å². The minimum absolute atomic E-state index is 0.148. The number of amides is 1. The number of hydrogen-bond acceptors (Lipinski definition) is 6. The summed E-state index contributed by atoms with van der Waals surface area (Å²) in [5.74, 6) is 0.886. The van der Waals surface area contributed by atoms with Gasteiger partial charge in [0, 0.05) is 6.20 Å². The van der Waals surface area contributed by atoms with Gasteiger partial charge in [-0.1, -0.05) is 33.9 Å². The second-order valence-corrected chi connectivity index (χ2v) is 7.64. The molecule has 8 nitrogen and oxygen atoms in total. The number of ether oxygens (including phenoxy) is 2. The predicted molar refractivity (Wildman–Crippen MR) is 113 cm³/mol. The van der Waals surface area contributed by atoms with Gasteiger partial charge >= 0.3 is 6.09 Å². The number of rotatable bonds is 4. The molecule has 9 heteroatoms. The molecule has 0 aliphatic carbocycles. The molecule has 0 radical (unpaired) electrons. The Kier molecular flexibility index (Phi) is 5.24. The number of aromatic nitrogens is 4. The maximum absolute atomic E-state index is 14.6. The highest BCUT2D eigenvalue weighted by Gasteiger charge is 2.25. The predicted octanol–water partition coefficient (Wildman–Crippen LogP) is 5.21. The van der Waals surface area contributed by atoms with Gasteiger partial charge in [-0.3, -0.25) is 0 Å². The van der Waals surface area contributed by atoms with Crippen LogP contribution in [0.3, 0.4) is 0 Å². The fourth-order valence-electron chi connectivity index (χ4n) is 2.74. The van der Waals surface area contributed by atoms with Crippen molar-refractivity contribution in [2.45, 2.75) is 26.4 Å². The van der Waals surface area contributed by atoms with Gasteiger partial charge in [0.2, 0.25) is 11.7 Å². The summed E-state index contributed by atoms with van der Waals surface area (Å²) in [7, 11) is 0. The van der Waals surface area contributed by atoms with Crippen molar-refractivity contribution in [1.29, 1.82) is 0 Å². The van der Waals surface area contributed by atoms with Gasteiger partial charge in [0.25, 0.3) is 0 Å². The number of benzene rings is 1. The van der Waals surface area contributed by atoms with Gasteiger partial charge in [0.15, 0.2) is 5.82 Å². The van der Waals surface area contributed by atoms with Crippen LogP contribution in [0.4, 0.5) is 15.1 Å². The number of fused-ring (bicyclic) bond motifs is 1. The first-order valence-corrected chi connectivity index (χ1v) is 9.55. The number of hydrogen-bond donors (Lipinski definition) is 0. The second kappa shape index (κ2) is 8.02. The van der Waals surface area contributed by atoms with Crippen molar-refractivity contribution in [2.24, 2.45) is 0 Å². The van der Waals surface area contributed by atoms with E-state index < -0.39 is 11.7 Å².